The van der Waals surface area contributed by atoms with E-state index < -0.39 is 10.0 Å². The number of rotatable bonds is 6. The number of nitrogens with one attached hydrogen (secondary N) is 1. The van der Waals surface area contributed by atoms with Gasteiger partial charge in [-0.25, -0.2) is 18.4 Å². The van der Waals surface area contributed by atoms with Crippen LogP contribution in [0.5, 0.6) is 5.88 Å². The van der Waals surface area contributed by atoms with Crippen molar-refractivity contribution in [2.75, 3.05) is 11.3 Å². The molecule has 0 unspecified atom stereocenters. The molecular formula is C19H21N3O3S. The molecule has 7 heteroatoms. The fraction of sp³-hybridized carbons (Fsp3) is 0.263. The summed E-state index contributed by atoms with van der Waals surface area (Å²) < 4.78 is 33.9. The molecule has 1 N–H and O–H groups in total. The third-order valence-electron chi connectivity index (χ3n) is 3.83. The molecule has 3 rings (SSSR count). The Kier molecular flexibility index (Phi) is 5.08. The maximum Gasteiger partial charge on any atom is 0.263 e. The van der Waals surface area contributed by atoms with Crippen molar-refractivity contribution >= 4 is 26.9 Å². The predicted molar refractivity (Wildman–Crippen MR) is 102 cm³/mol. The zero-order valence-corrected chi connectivity index (χ0v) is 15.8. The summed E-state index contributed by atoms with van der Waals surface area (Å²) in [5, 5.41) is 0. The van der Waals surface area contributed by atoms with Crippen LogP contribution in [0.2, 0.25) is 0 Å². The molecule has 0 atom stereocenters. The van der Waals surface area contributed by atoms with Crippen molar-refractivity contribution in [2.45, 2.75) is 32.1 Å². The normalized spacial score (nSPS) is 11.5. The van der Waals surface area contributed by atoms with E-state index >= 15 is 0 Å². The molecular weight excluding hydrogens is 350 g/mol. The Morgan fingerprint density at radius 2 is 1.73 bits per heavy atom. The minimum atomic E-state index is -3.81. The maximum absolute atomic E-state index is 12.9. The lowest BCUT2D eigenvalue weighted by atomic mass is 10.2. The van der Waals surface area contributed by atoms with Crippen LogP contribution >= 0.6 is 0 Å². The quantitative estimate of drug-likeness (QED) is 0.712. The van der Waals surface area contributed by atoms with Gasteiger partial charge in [-0.3, -0.25) is 4.72 Å². The molecule has 0 saturated heterocycles. The van der Waals surface area contributed by atoms with Gasteiger partial charge >= 0.3 is 0 Å². The van der Waals surface area contributed by atoms with E-state index in [1.165, 1.54) is 0 Å². The maximum atomic E-state index is 12.9. The molecule has 0 aliphatic carbocycles. The summed E-state index contributed by atoms with van der Waals surface area (Å²) in [5.74, 6) is 0.274. The Bertz CT molecular complexity index is 1050. The lowest BCUT2D eigenvalue weighted by Gasteiger charge is -2.14. The van der Waals surface area contributed by atoms with E-state index in [0.717, 1.165) is 12.0 Å². The molecule has 0 radical (unpaired) electrons. The number of para-hydroxylation sites is 2. The van der Waals surface area contributed by atoms with Crippen molar-refractivity contribution in [1.82, 2.24) is 9.97 Å². The van der Waals surface area contributed by atoms with Gasteiger partial charge in [0.1, 0.15) is 0 Å². The van der Waals surface area contributed by atoms with Crippen LogP contribution < -0.4 is 9.46 Å². The second-order valence-corrected chi connectivity index (χ2v) is 7.74. The van der Waals surface area contributed by atoms with Crippen molar-refractivity contribution in [3.8, 4) is 5.88 Å². The molecule has 0 amide bonds. The number of sulfonamides is 1. The molecule has 1 aromatic heterocycles. The van der Waals surface area contributed by atoms with Gasteiger partial charge in [-0.15, -0.1) is 0 Å². The third-order valence-corrected chi connectivity index (χ3v) is 5.33. The van der Waals surface area contributed by atoms with Crippen molar-refractivity contribution in [1.29, 1.82) is 0 Å². The van der Waals surface area contributed by atoms with Crippen LogP contribution in [0.4, 0.5) is 5.82 Å². The van der Waals surface area contributed by atoms with Crippen molar-refractivity contribution < 1.29 is 13.2 Å². The van der Waals surface area contributed by atoms with Crippen LogP contribution in [0.25, 0.3) is 11.0 Å². The summed E-state index contributed by atoms with van der Waals surface area (Å²) in [6.07, 6.45) is 0.776. The summed E-state index contributed by atoms with van der Waals surface area (Å²) >= 11 is 0. The number of fused-ring (bicyclic) bond motifs is 1. The highest BCUT2D eigenvalue weighted by molar-refractivity contribution is 7.92. The SMILES string of the molecule is CCCOc1nc2ccccc2nc1NS(=O)(=O)c1ccc(C)cc1C. The van der Waals surface area contributed by atoms with E-state index in [2.05, 4.69) is 14.7 Å². The van der Waals surface area contributed by atoms with Gasteiger partial charge < -0.3 is 4.74 Å². The van der Waals surface area contributed by atoms with Crippen molar-refractivity contribution in [2.24, 2.45) is 0 Å². The fourth-order valence-corrected chi connectivity index (χ4v) is 3.86. The molecule has 3 aromatic rings. The first kappa shape index (κ1) is 18.1. The lowest BCUT2D eigenvalue weighted by Crippen LogP contribution is -2.17. The van der Waals surface area contributed by atoms with Crippen LogP contribution in [0.15, 0.2) is 47.4 Å². The van der Waals surface area contributed by atoms with Crippen LogP contribution in [-0.2, 0) is 10.0 Å². The second kappa shape index (κ2) is 7.29. The van der Waals surface area contributed by atoms with Crippen LogP contribution in [0, 0.1) is 13.8 Å². The van der Waals surface area contributed by atoms with Gasteiger partial charge in [0.15, 0.2) is 0 Å². The van der Waals surface area contributed by atoms with E-state index in [1.54, 1.807) is 25.1 Å². The number of aryl methyl sites for hydroxylation is 2. The van der Waals surface area contributed by atoms with Gasteiger partial charge in [-0.1, -0.05) is 36.8 Å². The second-order valence-electron chi connectivity index (χ2n) is 6.09. The highest BCUT2D eigenvalue weighted by atomic mass is 32.2. The Morgan fingerprint density at radius 1 is 1.04 bits per heavy atom. The van der Waals surface area contributed by atoms with Crippen molar-refractivity contribution in [3.63, 3.8) is 0 Å². The number of hydrogen-bond acceptors (Lipinski definition) is 5. The van der Waals surface area contributed by atoms with Crippen LogP contribution in [-0.4, -0.2) is 25.0 Å². The van der Waals surface area contributed by atoms with E-state index in [0.29, 0.717) is 23.2 Å². The average molecular weight is 371 g/mol. The topological polar surface area (TPSA) is 81.2 Å². The molecule has 0 aliphatic heterocycles. The highest BCUT2D eigenvalue weighted by Gasteiger charge is 2.21. The van der Waals surface area contributed by atoms with Gasteiger partial charge in [0.2, 0.25) is 5.82 Å². The molecule has 0 aliphatic rings. The predicted octanol–water partition coefficient (Wildman–Crippen LogP) is 3.84. The molecule has 0 spiro atoms. The summed E-state index contributed by atoms with van der Waals surface area (Å²) in [4.78, 5) is 9.03. The molecule has 136 valence electrons. The Labute approximate surface area is 153 Å². The fourth-order valence-electron chi connectivity index (χ4n) is 2.63. The third kappa shape index (κ3) is 3.77. The number of nitrogens with zero attached hydrogens (tertiary/aromatic N) is 2. The van der Waals surface area contributed by atoms with Gasteiger partial charge in [0, 0.05) is 0 Å². The monoisotopic (exact) mass is 371 g/mol. The van der Waals surface area contributed by atoms with Crippen LogP contribution in [0.3, 0.4) is 0 Å². The number of hydrogen-bond donors (Lipinski definition) is 1. The van der Waals surface area contributed by atoms with Crippen molar-refractivity contribution in [3.05, 3.63) is 53.6 Å². The minimum Gasteiger partial charge on any atom is -0.475 e. The van der Waals surface area contributed by atoms with E-state index in [4.69, 9.17) is 4.74 Å². The van der Waals surface area contributed by atoms with E-state index in [9.17, 15) is 8.42 Å². The molecule has 2 aromatic carbocycles. The van der Waals surface area contributed by atoms with Gasteiger partial charge in [0.25, 0.3) is 15.9 Å². The summed E-state index contributed by atoms with van der Waals surface area (Å²) in [5.41, 5.74) is 2.91. The number of aromatic nitrogens is 2. The molecule has 0 fully saturated rings. The zero-order valence-electron chi connectivity index (χ0n) is 15.0. The first-order chi connectivity index (χ1) is 12.4. The van der Waals surface area contributed by atoms with Gasteiger partial charge in [-0.2, -0.15) is 0 Å². The van der Waals surface area contributed by atoms with Gasteiger partial charge in [0.05, 0.1) is 22.5 Å². The van der Waals surface area contributed by atoms with Gasteiger partial charge in [-0.05, 0) is 44.0 Å². The molecule has 26 heavy (non-hydrogen) atoms. The summed E-state index contributed by atoms with van der Waals surface area (Å²) in [6, 6.07) is 12.4. The minimum absolute atomic E-state index is 0.0946. The summed E-state index contributed by atoms with van der Waals surface area (Å²) in [6.45, 7) is 6.07. The lowest BCUT2D eigenvalue weighted by molar-refractivity contribution is 0.307. The zero-order chi connectivity index (χ0) is 18.7. The Hall–Kier alpha value is -2.67. The number of benzene rings is 2. The summed E-state index contributed by atoms with van der Waals surface area (Å²) in [7, 11) is -3.81. The molecule has 0 bridgehead atoms. The largest absolute Gasteiger partial charge is 0.475 e. The smallest absolute Gasteiger partial charge is 0.263 e. The first-order valence-electron chi connectivity index (χ1n) is 8.40. The Morgan fingerprint density at radius 3 is 2.38 bits per heavy atom. The highest BCUT2D eigenvalue weighted by Crippen LogP contribution is 2.27. The molecule has 6 nitrogen and oxygen atoms in total. The number of anilines is 1. The Balaban J connectivity index is 2.05. The molecule has 1 heterocycles. The van der Waals surface area contributed by atoms with E-state index in [-0.39, 0.29) is 16.6 Å². The molecule has 0 saturated carbocycles. The standard InChI is InChI=1S/C19H21N3O3S/c1-4-11-25-19-18(20-15-7-5-6-8-16(15)21-19)22-26(23,24)17-10-9-13(2)12-14(17)3/h5-10,12H,4,11H2,1-3H3,(H,20,22). The van der Waals surface area contributed by atoms with Crippen LogP contribution in [0.1, 0.15) is 24.5 Å². The number of ether oxygens (including phenoxy) is 1. The van der Waals surface area contributed by atoms with E-state index in [1.807, 2.05) is 38.1 Å². The first-order valence-corrected chi connectivity index (χ1v) is 9.88. The average Bonchev–Trinajstić information content (AvgIpc) is 2.59.